The number of nitrogens with two attached hydrogens (primary N) is 2. The summed E-state index contributed by atoms with van der Waals surface area (Å²) >= 11 is 0. The van der Waals surface area contributed by atoms with Crippen LogP contribution in [0.2, 0.25) is 0 Å². The SMILES string of the molecule is C/C(=N\N=C(N)N)c1cc(F)ccc1O. The number of nitrogens with zero attached hydrogens (tertiary/aromatic N) is 2. The summed E-state index contributed by atoms with van der Waals surface area (Å²) in [6.45, 7) is 1.56. The quantitative estimate of drug-likeness (QED) is 0.377. The van der Waals surface area contributed by atoms with Gasteiger partial charge in [-0.3, -0.25) is 0 Å². The van der Waals surface area contributed by atoms with Gasteiger partial charge in [-0.05, 0) is 25.1 Å². The predicted octanol–water partition coefficient (Wildman–Crippen LogP) is 0.529. The van der Waals surface area contributed by atoms with Gasteiger partial charge < -0.3 is 16.6 Å². The van der Waals surface area contributed by atoms with Crippen LogP contribution in [0.4, 0.5) is 4.39 Å². The van der Waals surface area contributed by atoms with Crippen molar-refractivity contribution in [1.82, 2.24) is 0 Å². The molecule has 0 bridgehead atoms. The van der Waals surface area contributed by atoms with E-state index in [9.17, 15) is 9.50 Å². The molecule has 0 spiro atoms. The lowest BCUT2D eigenvalue weighted by Gasteiger charge is -2.02. The summed E-state index contributed by atoms with van der Waals surface area (Å²) in [6.07, 6.45) is 0. The number of aromatic hydroxyl groups is 1. The van der Waals surface area contributed by atoms with Crippen LogP contribution in [0, 0.1) is 5.82 Å². The number of hydrogen-bond donors (Lipinski definition) is 3. The van der Waals surface area contributed by atoms with E-state index in [0.29, 0.717) is 5.71 Å². The van der Waals surface area contributed by atoms with Gasteiger partial charge in [0.1, 0.15) is 11.6 Å². The Balaban J connectivity index is 3.10. The second-order valence-corrected chi connectivity index (χ2v) is 2.87. The Bertz CT molecular complexity index is 424. The fourth-order valence-electron chi connectivity index (χ4n) is 0.985. The average Bonchev–Trinajstić information content (AvgIpc) is 2.18. The van der Waals surface area contributed by atoms with Gasteiger partial charge in [0.25, 0.3) is 0 Å². The minimum absolute atomic E-state index is 0.0801. The Labute approximate surface area is 85.9 Å². The van der Waals surface area contributed by atoms with E-state index in [-0.39, 0.29) is 17.3 Å². The molecule has 1 rings (SSSR count). The number of hydrogen-bond acceptors (Lipinski definition) is 3. The van der Waals surface area contributed by atoms with Gasteiger partial charge in [0.15, 0.2) is 0 Å². The monoisotopic (exact) mass is 210 g/mol. The number of phenols is 1. The highest BCUT2D eigenvalue weighted by atomic mass is 19.1. The first-order valence-corrected chi connectivity index (χ1v) is 4.13. The van der Waals surface area contributed by atoms with Crippen molar-refractivity contribution < 1.29 is 9.50 Å². The smallest absolute Gasteiger partial charge is 0.211 e. The minimum Gasteiger partial charge on any atom is -0.507 e. The standard InChI is InChI=1S/C9H11FN4O/c1-5(13-14-9(11)12)7-4-6(10)2-3-8(7)15/h2-4,15H,1H3,(H4,11,12,14)/b13-5+. The van der Waals surface area contributed by atoms with Crippen LogP contribution in [0.1, 0.15) is 12.5 Å². The van der Waals surface area contributed by atoms with Crippen molar-refractivity contribution in [1.29, 1.82) is 0 Å². The van der Waals surface area contributed by atoms with E-state index in [1.807, 2.05) is 0 Å². The van der Waals surface area contributed by atoms with Crippen LogP contribution in [-0.4, -0.2) is 16.8 Å². The number of rotatable bonds is 2. The van der Waals surface area contributed by atoms with Crippen molar-refractivity contribution in [2.45, 2.75) is 6.92 Å². The van der Waals surface area contributed by atoms with Crippen LogP contribution < -0.4 is 11.5 Å². The topological polar surface area (TPSA) is 97.0 Å². The normalized spacial score (nSPS) is 11.2. The molecule has 80 valence electrons. The van der Waals surface area contributed by atoms with Gasteiger partial charge in [0, 0.05) is 5.56 Å². The lowest BCUT2D eigenvalue weighted by molar-refractivity contribution is 0.472. The van der Waals surface area contributed by atoms with E-state index < -0.39 is 5.82 Å². The Morgan fingerprint density at radius 1 is 1.33 bits per heavy atom. The largest absolute Gasteiger partial charge is 0.507 e. The summed E-state index contributed by atoms with van der Waals surface area (Å²) < 4.78 is 12.9. The molecular formula is C9H11FN4O. The lowest BCUT2D eigenvalue weighted by Crippen LogP contribution is -2.22. The maximum absolute atomic E-state index is 12.9. The molecule has 0 radical (unpaired) electrons. The summed E-state index contributed by atoms with van der Waals surface area (Å²) in [5.41, 5.74) is 10.7. The van der Waals surface area contributed by atoms with E-state index in [0.717, 1.165) is 12.1 Å². The fourth-order valence-corrected chi connectivity index (χ4v) is 0.985. The first-order chi connectivity index (χ1) is 7.00. The minimum atomic E-state index is -0.470. The van der Waals surface area contributed by atoms with E-state index in [1.54, 1.807) is 6.92 Å². The maximum Gasteiger partial charge on any atom is 0.211 e. The van der Waals surface area contributed by atoms with Gasteiger partial charge in [-0.25, -0.2) is 4.39 Å². The molecule has 0 unspecified atom stereocenters. The van der Waals surface area contributed by atoms with Crippen LogP contribution in [0.3, 0.4) is 0 Å². The first-order valence-electron chi connectivity index (χ1n) is 4.13. The summed E-state index contributed by atoms with van der Waals surface area (Å²) in [4.78, 5) is 0. The molecule has 5 N–H and O–H groups in total. The average molecular weight is 210 g/mol. The molecule has 0 atom stereocenters. The molecule has 0 aliphatic carbocycles. The maximum atomic E-state index is 12.9. The Hall–Kier alpha value is -2.11. The number of phenolic OH excluding ortho intramolecular Hbond substituents is 1. The third-order valence-corrected chi connectivity index (χ3v) is 1.66. The summed E-state index contributed by atoms with van der Waals surface area (Å²) in [5, 5.41) is 16.4. The molecule has 0 aliphatic heterocycles. The molecule has 0 saturated carbocycles. The highest BCUT2D eigenvalue weighted by Gasteiger charge is 2.05. The lowest BCUT2D eigenvalue weighted by atomic mass is 10.1. The van der Waals surface area contributed by atoms with Crippen molar-refractivity contribution in [3.63, 3.8) is 0 Å². The van der Waals surface area contributed by atoms with Crippen LogP contribution in [0.15, 0.2) is 28.4 Å². The zero-order valence-corrected chi connectivity index (χ0v) is 8.11. The zero-order chi connectivity index (χ0) is 11.4. The molecule has 0 saturated heterocycles. The molecule has 5 nitrogen and oxygen atoms in total. The Morgan fingerprint density at radius 2 is 2.00 bits per heavy atom. The third kappa shape index (κ3) is 2.94. The van der Waals surface area contributed by atoms with Crippen molar-refractivity contribution in [2.75, 3.05) is 0 Å². The van der Waals surface area contributed by atoms with E-state index in [4.69, 9.17) is 11.5 Å². The van der Waals surface area contributed by atoms with Crippen LogP contribution in [0.25, 0.3) is 0 Å². The second kappa shape index (κ2) is 4.41. The molecular weight excluding hydrogens is 199 g/mol. The van der Waals surface area contributed by atoms with Gasteiger partial charge in [-0.1, -0.05) is 0 Å². The molecule has 0 fully saturated rings. The number of guanidine groups is 1. The third-order valence-electron chi connectivity index (χ3n) is 1.66. The molecule has 0 heterocycles. The number of halogens is 1. The Morgan fingerprint density at radius 3 is 2.60 bits per heavy atom. The number of benzene rings is 1. The van der Waals surface area contributed by atoms with Crippen molar-refractivity contribution in [3.05, 3.63) is 29.6 Å². The molecule has 1 aromatic rings. The van der Waals surface area contributed by atoms with Crippen molar-refractivity contribution in [3.8, 4) is 5.75 Å². The second-order valence-electron chi connectivity index (χ2n) is 2.87. The van der Waals surface area contributed by atoms with Crippen LogP contribution >= 0.6 is 0 Å². The summed E-state index contributed by atoms with van der Waals surface area (Å²) in [7, 11) is 0. The van der Waals surface area contributed by atoms with Gasteiger partial charge in [-0.15, -0.1) is 5.10 Å². The van der Waals surface area contributed by atoms with Gasteiger partial charge >= 0.3 is 0 Å². The van der Waals surface area contributed by atoms with Crippen molar-refractivity contribution >= 4 is 11.7 Å². The van der Waals surface area contributed by atoms with Crippen molar-refractivity contribution in [2.24, 2.45) is 21.7 Å². The van der Waals surface area contributed by atoms with E-state index >= 15 is 0 Å². The summed E-state index contributed by atoms with van der Waals surface area (Å²) in [6, 6.07) is 3.53. The zero-order valence-electron chi connectivity index (χ0n) is 8.11. The predicted molar refractivity (Wildman–Crippen MR) is 56.1 cm³/mol. The molecule has 0 aromatic heterocycles. The molecule has 0 amide bonds. The highest BCUT2D eigenvalue weighted by molar-refractivity contribution is 6.01. The molecule has 0 aliphatic rings. The fraction of sp³-hybridized carbons (Fsp3) is 0.111. The highest BCUT2D eigenvalue weighted by Crippen LogP contribution is 2.18. The van der Waals surface area contributed by atoms with Crippen LogP contribution in [-0.2, 0) is 0 Å². The van der Waals surface area contributed by atoms with Gasteiger partial charge in [-0.2, -0.15) is 5.10 Å². The van der Waals surface area contributed by atoms with Gasteiger partial charge in [0.2, 0.25) is 5.96 Å². The molecule has 15 heavy (non-hydrogen) atoms. The molecule has 1 aromatic carbocycles. The Kier molecular flexibility index (Phi) is 3.22. The van der Waals surface area contributed by atoms with E-state index in [2.05, 4.69) is 10.2 Å². The van der Waals surface area contributed by atoms with Gasteiger partial charge in [0.05, 0.1) is 5.71 Å². The van der Waals surface area contributed by atoms with E-state index in [1.165, 1.54) is 6.07 Å². The summed E-state index contributed by atoms with van der Waals surface area (Å²) in [5.74, 6) is -0.754. The van der Waals surface area contributed by atoms with Crippen LogP contribution in [0.5, 0.6) is 5.75 Å². The first kappa shape index (κ1) is 11.0. The molecule has 6 heteroatoms.